The van der Waals surface area contributed by atoms with Gasteiger partial charge < -0.3 is 9.47 Å². The van der Waals surface area contributed by atoms with Crippen molar-refractivity contribution in [1.29, 1.82) is 5.41 Å². The average molecular weight is 185 g/mol. The fraction of sp³-hybridized carbons (Fsp3) is 0.778. The summed E-state index contributed by atoms with van der Waals surface area (Å²) in [5, 5.41) is 7.34. The Balaban J connectivity index is 2.12. The van der Waals surface area contributed by atoms with Crippen molar-refractivity contribution in [2.75, 3.05) is 6.61 Å². The summed E-state index contributed by atoms with van der Waals surface area (Å²) >= 11 is 0. The van der Waals surface area contributed by atoms with Gasteiger partial charge in [-0.1, -0.05) is 0 Å². The summed E-state index contributed by atoms with van der Waals surface area (Å²) in [5.74, 6) is -0.352. The molecule has 4 nitrogen and oxygen atoms in total. The SMILES string of the molecule is CCOC(=O)CC(=N)OC1CCC1. The molecule has 0 saturated heterocycles. The topological polar surface area (TPSA) is 59.4 Å². The Labute approximate surface area is 77.7 Å². The number of ether oxygens (including phenoxy) is 2. The summed E-state index contributed by atoms with van der Waals surface area (Å²) in [4.78, 5) is 10.9. The van der Waals surface area contributed by atoms with Crippen molar-refractivity contribution in [2.24, 2.45) is 0 Å². The van der Waals surface area contributed by atoms with Crippen LogP contribution >= 0.6 is 0 Å². The molecular weight excluding hydrogens is 170 g/mol. The molecule has 0 heterocycles. The molecule has 1 saturated carbocycles. The van der Waals surface area contributed by atoms with E-state index in [9.17, 15) is 4.79 Å². The summed E-state index contributed by atoms with van der Waals surface area (Å²) in [6.45, 7) is 2.10. The predicted octanol–water partition coefficient (Wildman–Crippen LogP) is 1.49. The fourth-order valence-electron chi connectivity index (χ4n) is 1.07. The first kappa shape index (κ1) is 10.0. The largest absolute Gasteiger partial charge is 0.477 e. The molecule has 1 aliphatic rings. The molecule has 13 heavy (non-hydrogen) atoms. The van der Waals surface area contributed by atoms with E-state index in [0.29, 0.717) is 6.61 Å². The van der Waals surface area contributed by atoms with E-state index >= 15 is 0 Å². The van der Waals surface area contributed by atoms with Crippen molar-refractivity contribution in [3.63, 3.8) is 0 Å². The number of carbonyl (C=O) groups excluding carboxylic acids is 1. The molecule has 1 N–H and O–H groups in total. The smallest absolute Gasteiger partial charge is 0.315 e. The van der Waals surface area contributed by atoms with Crippen LogP contribution in [0.5, 0.6) is 0 Å². The van der Waals surface area contributed by atoms with Gasteiger partial charge in [0.15, 0.2) is 5.90 Å². The Hall–Kier alpha value is -1.06. The zero-order valence-electron chi connectivity index (χ0n) is 7.84. The lowest BCUT2D eigenvalue weighted by Gasteiger charge is -2.26. The zero-order valence-corrected chi connectivity index (χ0v) is 7.84. The fourth-order valence-corrected chi connectivity index (χ4v) is 1.07. The van der Waals surface area contributed by atoms with Crippen molar-refractivity contribution in [3.05, 3.63) is 0 Å². The van der Waals surface area contributed by atoms with Gasteiger partial charge in [-0.25, -0.2) is 0 Å². The first-order valence-electron chi connectivity index (χ1n) is 4.62. The molecule has 0 spiro atoms. The van der Waals surface area contributed by atoms with Crippen LogP contribution < -0.4 is 0 Å². The summed E-state index contributed by atoms with van der Waals surface area (Å²) in [7, 11) is 0. The molecule has 0 bridgehead atoms. The van der Waals surface area contributed by atoms with Crippen LogP contribution in [-0.2, 0) is 14.3 Å². The van der Waals surface area contributed by atoms with Crippen LogP contribution in [0, 0.1) is 5.41 Å². The number of esters is 1. The van der Waals surface area contributed by atoms with Gasteiger partial charge in [-0.2, -0.15) is 0 Å². The van der Waals surface area contributed by atoms with Crippen molar-refractivity contribution in [1.82, 2.24) is 0 Å². The maximum absolute atomic E-state index is 10.9. The second-order valence-corrected chi connectivity index (χ2v) is 3.08. The van der Waals surface area contributed by atoms with Crippen molar-refractivity contribution >= 4 is 11.9 Å². The van der Waals surface area contributed by atoms with E-state index < -0.39 is 0 Å². The molecule has 0 aromatic carbocycles. The second-order valence-electron chi connectivity index (χ2n) is 3.08. The molecule has 0 atom stereocenters. The van der Waals surface area contributed by atoms with Crippen LogP contribution in [0.25, 0.3) is 0 Å². The lowest BCUT2D eigenvalue weighted by atomic mass is 9.96. The lowest BCUT2D eigenvalue weighted by molar-refractivity contribution is -0.142. The van der Waals surface area contributed by atoms with Gasteiger partial charge in [0.1, 0.15) is 12.5 Å². The highest BCUT2D eigenvalue weighted by atomic mass is 16.5. The highest BCUT2D eigenvalue weighted by Gasteiger charge is 2.21. The van der Waals surface area contributed by atoms with Crippen molar-refractivity contribution < 1.29 is 14.3 Å². The lowest BCUT2D eigenvalue weighted by Crippen LogP contribution is -2.26. The summed E-state index contributed by atoms with van der Waals surface area (Å²) in [5.41, 5.74) is 0. The molecule has 0 aromatic rings. The Morgan fingerprint density at radius 2 is 2.23 bits per heavy atom. The van der Waals surface area contributed by atoms with Crippen molar-refractivity contribution in [2.45, 2.75) is 38.7 Å². The van der Waals surface area contributed by atoms with Gasteiger partial charge in [-0.15, -0.1) is 0 Å². The van der Waals surface area contributed by atoms with Crippen molar-refractivity contribution in [3.8, 4) is 0 Å². The van der Waals surface area contributed by atoms with Gasteiger partial charge in [0.25, 0.3) is 0 Å². The van der Waals surface area contributed by atoms with Gasteiger partial charge in [0.2, 0.25) is 0 Å². The molecule has 0 amide bonds. The third-order valence-corrected chi connectivity index (χ3v) is 1.97. The zero-order chi connectivity index (χ0) is 9.68. The minimum Gasteiger partial charge on any atom is -0.477 e. The van der Waals surface area contributed by atoms with Gasteiger partial charge >= 0.3 is 5.97 Å². The number of hydrogen-bond acceptors (Lipinski definition) is 4. The molecule has 0 radical (unpaired) electrons. The number of nitrogens with one attached hydrogen (secondary N) is 1. The minimum absolute atomic E-state index is 0.0307. The molecule has 0 unspecified atom stereocenters. The quantitative estimate of drug-likeness (QED) is 0.410. The molecule has 1 aliphatic carbocycles. The molecule has 4 heteroatoms. The van der Waals surface area contributed by atoms with Gasteiger partial charge in [0, 0.05) is 0 Å². The summed E-state index contributed by atoms with van der Waals surface area (Å²) in [6, 6.07) is 0. The first-order chi connectivity index (χ1) is 6.22. The monoisotopic (exact) mass is 185 g/mol. The standard InChI is InChI=1S/C9H15NO3/c1-2-12-9(11)6-8(10)13-7-4-3-5-7/h7,10H,2-6H2,1H3. The Bertz CT molecular complexity index is 199. The highest BCUT2D eigenvalue weighted by molar-refractivity contribution is 5.92. The molecular formula is C9H15NO3. The Morgan fingerprint density at radius 3 is 2.69 bits per heavy atom. The molecule has 74 valence electrons. The highest BCUT2D eigenvalue weighted by Crippen LogP contribution is 2.22. The molecule has 1 fully saturated rings. The Kier molecular flexibility index (Phi) is 3.73. The maximum Gasteiger partial charge on any atom is 0.315 e. The van der Waals surface area contributed by atoms with E-state index in [2.05, 4.69) is 4.74 Å². The number of rotatable bonds is 4. The number of carbonyl (C=O) groups is 1. The molecule has 0 aromatic heterocycles. The molecule has 1 rings (SSSR count). The summed E-state index contributed by atoms with van der Waals surface area (Å²) in [6.07, 6.45) is 3.31. The van der Waals surface area contributed by atoms with Gasteiger partial charge in [0.05, 0.1) is 6.61 Å². The summed E-state index contributed by atoms with van der Waals surface area (Å²) < 4.78 is 9.87. The normalized spacial score (nSPS) is 16.1. The van der Waals surface area contributed by atoms with E-state index in [1.54, 1.807) is 6.92 Å². The number of hydrogen-bond donors (Lipinski definition) is 1. The average Bonchev–Trinajstić information content (AvgIpc) is 1.97. The maximum atomic E-state index is 10.9. The third kappa shape index (κ3) is 3.44. The van der Waals surface area contributed by atoms with Crippen LogP contribution in [0.4, 0.5) is 0 Å². The van der Waals surface area contributed by atoms with Crippen LogP contribution in [0.3, 0.4) is 0 Å². The van der Waals surface area contributed by atoms with Crippen LogP contribution in [0.1, 0.15) is 32.6 Å². The van der Waals surface area contributed by atoms with Crippen LogP contribution in [0.2, 0.25) is 0 Å². The van der Waals surface area contributed by atoms with Gasteiger partial charge in [-0.05, 0) is 26.2 Å². The van der Waals surface area contributed by atoms with Crippen LogP contribution in [0.15, 0.2) is 0 Å². The first-order valence-corrected chi connectivity index (χ1v) is 4.62. The minimum atomic E-state index is -0.383. The van der Waals surface area contributed by atoms with Gasteiger partial charge in [-0.3, -0.25) is 10.2 Å². The molecule has 0 aliphatic heterocycles. The van der Waals surface area contributed by atoms with E-state index in [1.165, 1.54) is 0 Å². The Morgan fingerprint density at radius 1 is 1.54 bits per heavy atom. The van der Waals surface area contributed by atoms with E-state index in [0.717, 1.165) is 19.3 Å². The van der Waals surface area contributed by atoms with Crippen LogP contribution in [-0.4, -0.2) is 24.6 Å². The van der Waals surface area contributed by atoms with E-state index in [4.69, 9.17) is 10.1 Å². The second kappa shape index (κ2) is 4.84. The predicted molar refractivity (Wildman–Crippen MR) is 47.7 cm³/mol. The third-order valence-electron chi connectivity index (χ3n) is 1.97. The van der Waals surface area contributed by atoms with E-state index in [1.807, 2.05) is 0 Å². The van der Waals surface area contributed by atoms with E-state index in [-0.39, 0.29) is 24.4 Å².